The Morgan fingerprint density at radius 3 is 2.15 bits per heavy atom. The third-order valence-electron chi connectivity index (χ3n) is 14.4. The van der Waals surface area contributed by atoms with Gasteiger partial charge in [-0.3, -0.25) is 0 Å². The van der Waals surface area contributed by atoms with Gasteiger partial charge >= 0.3 is 0 Å². The number of benzene rings is 8. The Bertz CT molecular complexity index is 3440. The van der Waals surface area contributed by atoms with E-state index in [1.165, 1.54) is 55.3 Å². The molecule has 4 heterocycles. The van der Waals surface area contributed by atoms with E-state index in [9.17, 15) is 0 Å². The van der Waals surface area contributed by atoms with Gasteiger partial charge in [-0.2, -0.15) is 0 Å². The lowest BCUT2D eigenvalue weighted by Crippen LogP contribution is -2.61. The fourth-order valence-electron chi connectivity index (χ4n) is 11.2. The number of nitrogens with zero attached hydrogens (tertiary/aromatic N) is 2. The first-order chi connectivity index (χ1) is 31.5. The van der Waals surface area contributed by atoms with Crippen molar-refractivity contribution in [2.75, 3.05) is 16.6 Å². The van der Waals surface area contributed by atoms with Gasteiger partial charge in [0.25, 0.3) is 6.71 Å². The highest BCUT2D eigenvalue weighted by molar-refractivity contribution is 7.00. The SMILES string of the molecule is Cc1cc2c3c(c1)N(c1ccccc1)c1c(ccc4c1OCO4)B3c1cc(C(C)(C)C)ccc1N2c1cc(-c2ccc3c(c2)C(C)(C)c2ccccc2-3)cc(-c2cc3ccccc3o2)c1. The zero-order valence-corrected chi connectivity index (χ0v) is 37.5. The Labute approximate surface area is 380 Å². The van der Waals surface area contributed by atoms with Gasteiger partial charge in [-0.1, -0.05) is 126 Å². The van der Waals surface area contributed by atoms with Gasteiger partial charge in [0.15, 0.2) is 11.5 Å². The molecule has 0 bridgehead atoms. The van der Waals surface area contributed by atoms with Crippen molar-refractivity contribution in [1.29, 1.82) is 0 Å². The summed E-state index contributed by atoms with van der Waals surface area (Å²) in [4.78, 5) is 4.93. The number of hydrogen-bond donors (Lipinski definition) is 0. The second-order valence-electron chi connectivity index (χ2n) is 19.8. The van der Waals surface area contributed by atoms with E-state index >= 15 is 0 Å². The zero-order valence-electron chi connectivity index (χ0n) is 37.5. The second-order valence-corrected chi connectivity index (χ2v) is 19.8. The monoisotopic (exact) mass is 842 g/mol. The van der Waals surface area contributed by atoms with E-state index in [0.29, 0.717) is 0 Å². The van der Waals surface area contributed by atoms with Gasteiger partial charge in [0.1, 0.15) is 11.3 Å². The number of aryl methyl sites for hydroxylation is 1. The van der Waals surface area contributed by atoms with Crippen LogP contribution in [-0.2, 0) is 10.8 Å². The summed E-state index contributed by atoms with van der Waals surface area (Å²) in [7, 11) is 0. The van der Waals surface area contributed by atoms with Crippen LogP contribution in [0.4, 0.5) is 34.1 Å². The zero-order chi connectivity index (χ0) is 43.9. The van der Waals surface area contributed by atoms with E-state index in [1.807, 2.05) is 6.07 Å². The Kier molecular flexibility index (Phi) is 7.93. The topological polar surface area (TPSA) is 38.1 Å². The molecule has 0 fully saturated rings. The molecule has 0 spiro atoms. The maximum atomic E-state index is 6.70. The lowest BCUT2D eigenvalue weighted by Gasteiger charge is -2.45. The van der Waals surface area contributed by atoms with Gasteiger partial charge in [0.05, 0.1) is 5.69 Å². The first-order valence-corrected chi connectivity index (χ1v) is 22.8. The lowest BCUT2D eigenvalue weighted by molar-refractivity contribution is 0.174. The largest absolute Gasteiger partial charge is 0.456 e. The van der Waals surface area contributed by atoms with E-state index in [-0.39, 0.29) is 24.3 Å². The van der Waals surface area contributed by atoms with Gasteiger partial charge in [0, 0.05) is 44.8 Å². The van der Waals surface area contributed by atoms with Crippen LogP contribution in [0.2, 0.25) is 0 Å². The predicted molar refractivity (Wildman–Crippen MR) is 268 cm³/mol. The van der Waals surface area contributed by atoms with Crippen molar-refractivity contribution in [3.63, 3.8) is 0 Å². The van der Waals surface area contributed by atoms with E-state index in [0.717, 1.165) is 73.5 Å². The summed E-state index contributed by atoms with van der Waals surface area (Å²) < 4.78 is 19.2. The minimum absolute atomic E-state index is 0.0720. The maximum Gasteiger partial charge on any atom is 0.252 e. The summed E-state index contributed by atoms with van der Waals surface area (Å²) in [6.45, 7) is 14.0. The molecule has 0 radical (unpaired) electrons. The van der Waals surface area contributed by atoms with Crippen LogP contribution in [0, 0.1) is 6.92 Å². The van der Waals surface area contributed by atoms with Gasteiger partial charge in [0.2, 0.25) is 6.79 Å². The van der Waals surface area contributed by atoms with Crippen LogP contribution in [0.1, 0.15) is 56.9 Å². The van der Waals surface area contributed by atoms with Crippen LogP contribution in [0.25, 0.3) is 44.5 Å². The molecule has 65 heavy (non-hydrogen) atoms. The molecule has 8 aromatic carbocycles. The number of ether oxygens (including phenoxy) is 2. The molecule has 4 aliphatic rings. The van der Waals surface area contributed by atoms with Crippen LogP contribution in [0.5, 0.6) is 11.5 Å². The molecule has 0 unspecified atom stereocenters. The van der Waals surface area contributed by atoms with Gasteiger partial charge in [-0.25, -0.2) is 0 Å². The Balaban J connectivity index is 1.09. The van der Waals surface area contributed by atoms with Crippen molar-refractivity contribution in [2.45, 2.75) is 52.4 Å². The minimum atomic E-state index is -0.133. The minimum Gasteiger partial charge on any atom is -0.456 e. The quantitative estimate of drug-likeness (QED) is 0.165. The molecule has 1 aromatic heterocycles. The maximum absolute atomic E-state index is 6.70. The summed E-state index contributed by atoms with van der Waals surface area (Å²) >= 11 is 0. The highest BCUT2D eigenvalue weighted by atomic mass is 16.7. The molecule has 5 nitrogen and oxygen atoms in total. The molecule has 0 saturated carbocycles. The van der Waals surface area contributed by atoms with Crippen LogP contribution in [0.3, 0.4) is 0 Å². The summed E-state index contributed by atoms with van der Waals surface area (Å²) in [6, 6.07) is 60.4. The third-order valence-corrected chi connectivity index (χ3v) is 14.4. The van der Waals surface area contributed by atoms with Crippen LogP contribution < -0.4 is 35.7 Å². The van der Waals surface area contributed by atoms with Crippen LogP contribution >= 0.6 is 0 Å². The molecule has 0 saturated heterocycles. The lowest BCUT2D eigenvalue weighted by atomic mass is 9.33. The normalized spacial score (nSPS) is 14.8. The fraction of sp³-hybridized carbons (Fsp3) is 0.153. The Morgan fingerprint density at radius 2 is 1.32 bits per heavy atom. The predicted octanol–water partition coefficient (Wildman–Crippen LogP) is 13.5. The average Bonchev–Trinajstić information content (AvgIpc) is 4.04. The summed E-state index contributed by atoms with van der Waals surface area (Å²) in [6.07, 6.45) is 0. The molecule has 3 aliphatic heterocycles. The second kappa shape index (κ2) is 13.5. The number of fused-ring (bicyclic) bond motifs is 10. The number of furan rings is 1. The van der Waals surface area contributed by atoms with Crippen LogP contribution in [-0.4, -0.2) is 13.5 Å². The molecule has 0 amide bonds. The van der Waals surface area contributed by atoms with E-state index in [2.05, 4.69) is 209 Å². The number of hydrogen-bond acceptors (Lipinski definition) is 5. The molecule has 13 rings (SSSR count). The molecule has 9 aromatic rings. The number of para-hydroxylation sites is 2. The first-order valence-electron chi connectivity index (χ1n) is 22.8. The van der Waals surface area contributed by atoms with E-state index in [1.54, 1.807) is 0 Å². The van der Waals surface area contributed by atoms with Gasteiger partial charge in [-0.05, 0) is 146 Å². The Hall–Kier alpha value is -7.44. The molecule has 0 N–H and O–H groups in total. The molecule has 1 aliphatic carbocycles. The summed E-state index contributed by atoms with van der Waals surface area (Å²) in [5.41, 5.74) is 22.2. The average molecular weight is 843 g/mol. The van der Waals surface area contributed by atoms with Crippen molar-refractivity contribution < 1.29 is 13.9 Å². The molecule has 6 heteroatoms. The Morgan fingerprint density at radius 1 is 0.569 bits per heavy atom. The molecular weight excluding hydrogens is 795 g/mol. The van der Waals surface area contributed by atoms with E-state index in [4.69, 9.17) is 13.9 Å². The first kappa shape index (κ1) is 38.1. The third kappa shape index (κ3) is 5.59. The smallest absolute Gasteiger partial charge is 0.252 e. The van der Waals surface area contributed by atoms with Crippen molar-refractivity contribution in [3.8, 4) is 45.1 Å². The van der Waals surface area contributed by atoms with Crippen molar-refractivity contribution in [2.24, 2.45) is 0 Å². The highest BCUT2D eigenvalue weighted by Crippen LogP contribution is 2.53. The van der Waals surface area contributed by atoms with E-state index < -0.39 is 0 Å². The van der Waals surface area contributed by atoms with Crippen molar-refractivity contribution >= 4 is 68.2 Å². The standard InChI is InChI=1S/C59H47BN2O3/c1-35-26-50-55-51(27-35)62(41-15-8-7-9-16-41)56-47(23-25-53-57(56)64-34-63-53)60(55)48-33-40(58(2,3)4)21-24-49(48)61(50)42-29-38(28-39(30-42)54-32-37-14-10-13-19-52(37)65-54)36-20-22-44-43-17-11-12-18-45(43)59(5,6)46(44)31-36/h7-33H,34H2,1-6H3. The van der Waals surface area contributed by atoms with Gasteiger partial charge in [-0.15, -0.1) is 0 Å². The summed E-state index contributed by atoms with van der Waals surface area (Å²) in [5, 5.41) is 1.08. The summed E-state index contributed by atoms with van der Waals surface area (Å²) in [5.74, 6) is 2.41. The fourth-order valence-corrected chi connectivity index (χ4v) is 11.2. The van der Waals surface area contributed by atoms with Crippen LogP contribution in [0.15, 0.2) is 168 Å². The van der Waals surface area contributed by atoms with Gasteiger partial charge < -0.3 is 23.7 Å². The molecule has 314 valence electrons. The molecule has 0 atom stereocenters. The van der Waals surface area contributed by atoms with Crippen molar-refractivity contribution in [1.82, 2.24) is 0 Å². The number of anilines is 6. The molecular formula is C59H47BN2O3. The van der Waals surface area contributed by atoms with Crippen molar-refractivity contribution in [3.05, 3.63) is 186 Å². The number of rotatable bonds is 4. The highest BCUT2D eigenvalue weighted by Gasteiger charge is 2.46.